The van der Waals surface area contributed by atoms with Crippen LogP contribution < -0.4 is 0 Å². The van der Waals surface area contributed by atoms with E-state index in [-0.39, 0.29) is 5.97 Å². The zero-order valence-electron chi connectivity index (χ0n) is 10.7. The van der Waals surface area contributed by atoms with Crippen LogP contribution in [0.5, 0.6) is 0 Å². The molecule has 2 heteroatoms. The Morgan fingerprint density at radius 3 is 2.31 bits per heavy atom. The number of carbonyl (C=O) groups is 1. The van der Waals surface area contributed by atoms with E-state index in [9.17, 15) is 4.79 Å². The SMILES string of the molecule is CC1CCCCCCCCCC(=O)OCC1. The molecule has 1 heterocycles. The maximum absolute atomic E-state index is 11.3. The Morgan fingerprint density at radius 2 is 1.56 bits per heavy atom. The van der Waals surface area contributed by atoms with E-state index in [0.717, 1.165) is 12.8 Å². The Balaban J connectivity index is 2.22. The lowest BCUT2D eigenvalue weighted by atomic mass is 9.99. The Morgan fingerprint density at radius 1 is 0.938 bits per heavy atom. The first-order valence-corrected chi connectivity index (χ1v) is 6.94. The van der Waals surface area contributed by atoms with Crippen molar-refractivity contribution < 1.29 is 9.53 Å². The van der Waals surface area contributed by atoms with Gasteiger partial charge in [-0.1, -0.05) is 51.9 Å². The van der Waals surface area contributed by atoms with Crippen molar-refractivity contribution in [1.29, 1.82) is 0 Å². The van der Waals surface area contributed by atoms with Gasteiger partial charge >= 0.3 is 5.97 Å². The number of esters is 1. The zero-order chi connectivity index (χ0) is 11.6. The molecule has 0 aliphatic carbocycles. The Kier molecular flexibility index (Phi) is 7.28. The van der Waals surface area contributed by atoms with Crippen molar-refractivity contribution in [2.45, 2.75) is 71.1 Å². The summed E-state index contributed by atoms with van der Waals surface area (Å²) >= 11 is 0. The third-order valence-electron chi connectivity index (χ3n) is 3.45. The molecule has 1 rings (SSSR count). The molecule has 0 aromatic rings. The lowest BCUT2D eigenvalue weighted by Crippen LogP contribution is -2.08. The minimum Gasteiger partial charge on any atom is -0.466 e. The highest BCUT2D eigenvalue weighted by Gasteiger charge is 2.07. The minimum absolute atomic E-state index is 0.00394. The smallest absolute Gasteiger partial charge is 0.305 e. The van der Waals surface area contributed by atoms with Crippen LogP contribution in [0, 0.1) is 5.92 Å². The molecule has 0 amide bonds. The molecular formula is C14H26O2. The fourth-order valence-corrected chi connectivity index (χ4v) is 2.24. The van der Waals surface area contributed by atoms with Gasteiger partial charge in [0.1, 0.15) is 0 Å². The molecule has 2 nitrogen and oxygen atoms in total. The average Bonchev–Trinajstić information content (AvgIpc) is 2.26. The van der Waals surface area contributed by atoms with Gasteiger partial charge in [0.25, 0.3) is 0 Å². The molecule has 0 aromatic carbocycles. The molecule has 0 aromatic heterocycles. The van der Waals surface area contributed by atoms with Crippen molar-refractivity contribution in [2.24, 2.45) is 5.92 Å². The molecule has 94 valence electrons. The van der Waals surface area contributed by atoms with E-state index in [1.165, 1.54) is 44.9 Å². The predicted molar refractivity (Wildman–Crippen MR) is 66.3 cm³/mol. The first-order valence-electron chi connectivity index (χ1n) is 6.94. The standard InChI is InChI=1S/C14H26O2/c1-13-9-7-5-3-2-4-6-8-10-14(15)16-12-11-13/h13H,2-12H2,1H3. The summed E-state index contributed by atoms with van der Waals surface area (Å²) in [5.74, 6) is 0.708. The van der Waals surface area contributed by atoms with Crippen LogP contribution in [0.3, 0.4) is 0 Å². The lowest BCUT2D eigenvalue weighted by molar-refractivity contribution is -0.144. The topological polar surface area (TPSA) is 26.3 Å². The van der Waals surface area contributed by atoms with Crippen molar-refractivity contribution in [3.8, 4) is 0 Å². The van der Waals surface area contributed by atoms with Gasteiger partial charge in [-0.25, -0.2) is 0 Å². The van der Waals surface area contributed by atoms with Crippen LogP contribution >= 0.6 is 0 Å². The van der Waals surface area contributed by atoms with Gasteiger partial charge in [-0.15, -0.1) is 0 Å². The highest BCUT2D eigenvalue weighted by atomic mass is 16.5. The van der Waals surface area contributed by atoms with E-state index < -0.39 is 0 Å². The van der Waals surface area contributed by atoms with Gasteiger partial charge in [0.15, 0.2) is 0 Å². The second-order valence-corrected chi connectivity index (χ2v) is 5.13. The van der Waals surface area contributed by atoms with E-state index in [2.05, 4.69) is 6.92 Å². The van der Waals surface area contributed by atoms with E-state index >= 15 is 0 Å². The summed E-state index contributed by atoms with van der Waals surface area (Å²) in [4.78, 5) is 11.3. The van der Waals surface area contributed by atoms with Crippen molar-refractivity contribution in [3.63, 3.8) is 0 Å². The van der Waals surface area contributed by atoms with Gasteiger partial charge in [0.2, 0.25) is 0 Å². The summed E-state index contributed by atoms with van der Waals surface area (Å²) in [5, 5.41) is 0. The summed E-state index contributed by atoms with van der Waals surface area (Å²) < 4.78 is 5.22. The number of ether oxygens (including phenoxy) is 1. The summed E-state index contributed by atoms with van der Waals surface area (Å²) in [5.41, 5.74) is 0. The number of cyclic esters (lactones) is 1. The molecule has 16 heavy (non-hydrogen) atoms. The average molecular weight is 226 g/mol. The molecule has 1 unspecified atom stereocenters. The maximum Gasteiger partial charge on any atom is 0.305 e. The normalized spacial score (nSPS) is 26.8. The quantitative estimate of drug-likeness (QED) is 0.582. The molecule has 1 atom stereocenters. The molecule has 1 aliphatic heterocycles. The highest BCUT2D eigenvalue weighted by Crippen LogP contribution is 2.16. The largest absolute Gasteiger partial charge is 0.466 e. The van der Waals surface area contributed by atoms with E-state index in [0.29, 0.717) is 18.9 Å². The second kappa shape index (κ2) is 8.60. The Hall–Kier alpha value is -0.530. The Labute approximate surface area is 99.8 Å². The summed E-state index contributed by atoms with van der Waals surface area (Å²) in [6.45, 7) is 2.89. The molecule has 0 bridgehead atoms. The van der Waals surface area contributed by atoms with Crippen molar-refractivity contribution in [1.82, 2.24) is 0 Å². The number of rotatable bonds is 0. The molecule has 0 spiro atoms. The van der Waals surface area contributed by atoms with Gasteiger partial charge in [-0.3, -0.25) is 4.79 Å². The van der Waals surface area contributed by atoms with Crippen molar-refractivity contribution in [3.05, 3.63) is 0 Å². The molecule has 1 aliphatic rings. The van der Waals surface area contributed by atoms with Crippen LogP contribution in [0.4, 0.5) is 0 Å². The van der Waals surface area contributed by atoms with Crippen molar-refractivity contribution in [2.75, 3.05) is 6.61 Å². The highest BCUT2D eigenvalue weighted by molar-refractivity contribution is 5.69. The van der Waals surface area contributed by atoms with Crippen LogP contribution in [-0.4, -0.2) is 12.6 Å². The molecule has 1 fully saturated rings. The van der Waals surface area contributed by atoms with Gasteiger partial charge < -0.3 is 4.74 Å². The molecule has 0 saturated carbocycles. The van der Waals surface area contributed by atoms with Crippen LogP contribution in [0.15, 0.2) is 0 Å². The Bertz CT molecular complexity index is 189. The molecule has 0 N–H and O–H groups in total. The monoisotopic (exact) mass is 226 g/mol. The number of carbonyl (C=O) groups excluding carboxylic acids is 1. The molecule has 1 saturated heterocycles. The number of hydrogen-bond acceptors (Lipinski definition) is 2. The molecular weight excluding hydrogens is 200 g/mol. The van der Waals surface area contributed by atoms with Crippen LogP contribution in [0.25, 0.3) is 0 Å². The van der Waals surface area contributed by atoms with Crippen molar-refractivity contribution >= 4 is 5.97 Å². The summed E-state index contributed by atoms with van der Waals surface area (Å²) in [6.07, 6.45) is 11.8. The van der Waals surface area contributed by atoms with Gasteiger partial charge in [-0.05, 0) is 18.8 Å². The predicted octanol–water partition coefficient (Wildman–Crippen LogP) is 4.08. The van der Waals surface area contributed by atoms with Gasteiger partial charge in [-0.2, -0.15) is 0 Å². The first-order chi connectivity index (χ1) is 7.79. The number of hydrogen-bond donors (Lipinski definition) is 0. The fraction of sp³-hybridized carbons (Fsp3) is 0.929. The van der Waals surface area contributed by atoms with E-state index in [4.69, 9.17) is 4.74 Å². The minimum atomic E-state index is 0.00394. The maximum atomic E-state index is 11.3. The van der Waals surface area contributed by atoms with Crippen LogP contribution in [0.1, 0.15) is 71.1 Å². The van der Waals surface area contributed by atoms with Gasteiger partial charge in [0.05, 0.1) is 6.61 Å². The second-order valence-electron chi connectivity index (χ2n) is 5.13. The van der Waals surface area contributed by atoms with E-state index in [1.807, 2.05) is 0 Å². The third-order valence-corrected chi connectivity index (χ3v) is 3.45. The fourth-order valence-electron chi connectivity index (χ4n) is 2.24. The summed E-state index contributed by atoms with van der Waals surface area (Å²) in [7, 11) is 0. The lowest BCUT2D eigenvalue weighted by Gasteiger charge is -2.12. The van der Waals surface area contributed by atoms with E-state index in [1.54, 1.807) is 0 Å². The zero-order valence-corrected chi connectivity index (χ0v) is 10.7. The first kappa shape index (κ1) is 13.5. The van der Waals surface area contributed by atoms with Crippen LogP contribution in [0.2, 0.25) is 0 Å². The van der Waals surface area contributed by atoms with Crippen LogP contribution in [-0.2, 0) is 9.53 Å². The third kappa shape index (κ3) is 6.86. The molecule has 0 radical (unpaired) electrons. The van der Waals surface area contributed by atoms with Gasteiger partial charge in [0, 0.05) is 6.42 Å². The summed E-state index contributed by atoms with van der Waals surface area (Å²) in [6, 6.07) is 0.